The van der Waals surface area contributed by atoms with Gasteiger partial charge in [0, 0.05) is 13.1 Å². The Labute approximate surface area is 121 Å². The topological polar surface area (TPSA) is 83.4 Å². The molecule has 108 valence electrons. The quantitative estimate of drug-likeness (QED) is 0.917. The first-order valence-electron chi connectivity index (χ1n) is 6.49. The van der Waals surface area contributed by atoms with Crippen LogP contribution in [0.3, 0.4) is 0 Å². The molecule has 1 aliphatic rings. The monoisotopic (exact) mass is 297 g/mol. The van der Waals surface area contributed by atoms with E-state index < -0.39 is 11.4 Å². The van der Waals surface area contributed by atoms with Crippen LogP contribution in [-0.2, 0) is 4.79 Å². The summed E-state index contributed by atoms with van der Waals surface area (Å²) in [5.41, 5.74) is -0.642. The van der Waals surface area contributed by atoms with Gasteiger partial charge in [0.1, 0.15) is 10.8 Å². The second kappa shape index (κ2) is 5.75. The van der Waals surface area contributed by atoms with E-state index in [2.05, 4.69) is 9.97 Å². The van der Waals surface area contributed by atoms with Gasteiger partial charge in [-0.25, -0.2) is 9.97 Å². The van der Waals surface area contributed by atoms with Crippen LogP contribution in [0.15, 0.2) is 12.4 Å². The number of hydrogen-bond donors (Lipinski definition) is 1. The number of amides is 1. The van der Waals surface area contributed by atoms with Gasteiger partial charge in [0.15, 0.2) is 0 Å². The summed E-state index contributed by atoms with van der Waals surface area (Å²) in [6, 6.07) is 0. The molecule has 1 aromatic rings. The van der Waals surface area contributed by atoms with E-state index in [0.717, 1.165) is 6.42 Å². The Balaban J connectivity index is 2.14. The van der Waals surface area contributed by atoms with Gasteiger partial charge < -0.3 is 10.0 Å². The molecule has 1 N–H and O–H groups in total. The van der Waals surface area contributed by atoms with Gasteiger partial charge in [-0.1, -0.05) is 24.9 Å². The lowest BCUT2D eigenvalue weighted by Crippen LogP contribution is -2.37. The van der Waals surface area contributed by atoms with Gasteiger partial charge >= 0.3 is 5.97 Å². The standard InChI is InChI=1S/C13H16ClN3O3/c1-2-3-13(12(19)20)4-5-17(8-13)11(18)9-6-16-10(14)7-15-9/h6-7H,2-5,8H2,1H3,(H,19,20). The van der Waals surface area contributed by atoms with Crippen LogP contribution >= 0.6 is 11.6 Å². The maximum Gasteiger partial charge on any atom is 0.311 e. The summed E-state index contributed by atoms with van der Waals surface area (Å²) < 4.78 is 0. The first-order chi connectivity index (χ1) is 9.48. The number of carboxylic acids is 1. The highest BCUT2D eigenvalue weighted by molar-refractivity contribution is 6.29. The number of likely N-dealkylation sites (tertiary alicyclic amines) is 1. The van der Waals surface area contributed by atoms with E-state index in [9.17, 15) is 14.7 Å². The third kappa shape index (κ3) is 2.75. The van der Waals surface area contributed by atoms with Gasteiger partial charge in [-0.3, -0.25) is 9.59 Å². The van der Waals surface area contributed by atoms with Gasteiger partial charge in [0.2, 0.25) is 0 Å². The van der Waals surface area contributed by atoms with E-state index in [-0.39, 0.29) is 23.3 Å². The molecule has 1 fully saturated rings. The van der Waals surface area contributed by atoms with Crippen molar-refractivity contribution in [1.29, 1.82) is 0 Å². The summed E-state index contributed by atoms with van der Waals surface area (Å²) in [4.78, 5) is 33.0. The second-order valence-electron chi connectivity index (χ2n) is 5.04. The smallest absolute Gasteiger partial charge is 0.311 e. The van der Waals surface area contributed by atoms with E-state index in [1.807, 2.05) is 6.92 Å². The summed E-state index contributed by atoms with van der Waals surface area (Å²) >= 11 is 5.63. The highest BCUT2D eigenvalue weighted by Gasteiger charge is 2.45. The second-order valence-corrected chi connectivity index (χ2v) is 5.42. The molecule has 1 amide bonds. The molecule has 1 unspecified atom stereocenters. The molecule has 7 heteroatoms. The van der Waals surface area contributed by atoms with E-state index in [0.29, 0.717) is 19.4 Å². The molecule has 6 nitrogen and oxygen atoms in total. The highest BCUT2D eigenvalue weighted by Crippen LogP contribution is 2.36. The van der Waals surface area contributed by atoms with Crippen LogP contribution in [0.1, 0.15) is 36.7 Å². The lowest BCUT2D eigenvalue weighted by Gasteiger charge is -2.24. The zero-order chi connectivity index (χ0) is 14.8. The molecule has 2 heterocycles. The van der Waals surface area contributed by atoms with Gasteiger partial charge in [-0.15, -0.1) is 0 Å². The van der Waals surface area contributed by atoms with Crippen molar-refractivity contribution in [2.45, 2.75) is 26.2 Å². The molecule has 1 saturated heterocycles. The van der Waals surface area contributed by atoms with Crippen LogP contribution in [0, 0.1) is 5.41 Å². The predicted molar refractivity (Wildman–Crippen MR) is 72.5 cm³/mol. The fourth-order valence-electron chi connectivity index (χ4n) is 2.59. The van der Waals surface area contributed by atoms with Crippen molar-refractivity contribution in [3.8, 4) is 0 Å². The molecule has 20 heavy (non-hydrogen) atoms. The van der Waals surface area contributed by atoms with Crippen LogP contribution in [-0.4, -0.2) is 44.9 Å². The molecule has 0 aliphatic carbocycles. The Morgan fingerprint density at radius 1 is 1.45 bits per heavy atom. The first kappa shape index (κ1) is 14.7. The number of carbonyl (C=O) groups is 2. The number of aliphatic carboxylic acids is 1. The van der Waals surface area contributed by atoms with Crippen molar-refractivity contribution < 1.29 is 14.7 Å². The summed E-state index contributed by atoms with van der Waals surface area (Å²) in [5, 5.41) is 9.63. The lowest BCUT2D eigenvalue weighted by atomic mass is 9.83. The van der Waals surface area contributed by atoms with E-state index in [4.69, 9.17) is 11.6 Å². The Bertz CT molecular complexity index is 520. The molecule has 1 atom stereocenters. The van der Waals surface area contributed by atoms with Crippen molar-refractivity contribution >= 4 is 23.5 Å². The Kier molecular flexibility index (Phi) is 4.23. The lowest BCUT2D eigenvalue weighted by molar-refractivity contribution is -0.148. The Morgan fingerprint density at radius 3 is 2.75 bits per heavy atom. The summed E-state index contributed by atoms with van der Waals surface area (Å²) in [6.07, 6.45) is 4.43. The first-order valence-corrected chi connectivity index (χ1v) is 6.86. The molecule has 2 rings (SSSR count). The number of carbonyl (C=O) groups excluding carboxylic acids is 1. The molecule has 0 spiro atoms. The minimum absolute atomic E-state index is 0.187. The predicted octanol–water partition coefficient (Wildman–Crippen LogP) is 1.85. The fourth-order valence-corrected chi connectivity index (χ4v) is 2.69. The minimum Gasteiger partial charge on any atom is -0.481 e. The highest BCUT2D eigenvalue weighted by atomic mass is 35.5. The number of rotatable bonds is 4. The van der Waals surface area contributed by atoms with Crippen molar-refractivity contribution in [3.05, 3.63) is 23.2 Å². The SMILES string of the molecule is CCCC1(C(=O)O)CCN(C(=O)c2cnc(Cl)cn2)C1. The zero-order valence-electron chi connectivity index (χ0n) is 11.2. The maximum atomic E-state index is 12.3. The van der Waals surface area contributed by atoms with Crippen LogP contribution in [0.5, 0.6) is 0 Å². The van der Waals surface area contributed by atoms with E-state index in [1.165, 1.54) is 17.3 Å². The molecular formula is C13H16ClN3O3. The Morgan fingerprint density at radius 2 is 2.20 bits per heavy atom. The van der Waals surface area contributed by atoms with Crippen molar-refractivity contribution in [3.63, 3.8) is 0 Å². The molecule has 0 bridgehead atoms. The van der Waals surface area contributed by atoms with E-state index in [1.54, 1.807) is 0 Å². The van der Waals surface area contributed by atoms with Crippen molar-refractivity contribution in [2.75, 3.05) is 13.1 Å². The van der Waals surface area contributed by atoms with Gasteiger partial charge in [0.25, 0.3) is 5.91 Å². The molecule has 1 aromatic heterocycles. The summed E-state index contributed by atoms with van der Waals surface area (Å²) in [5.74, 6) is -1.13. The molecule has 0 saturated carbocycles. The molecule has 0 aromatic carbocycles. The zero-order valence-corrected chi connectivity index (χ0v) is 11.9. The molecular weight excluding hydrogens is 282 g/mol. The normalized spacial score (nSPS) is 22.0. The van der Waals surface area contributed by atoms with Crippen LogP contribution < -0.4 is 0 Å². The fraction of sp³-hybridized carbons (Fsp3) is 0.538. The number of carboxylic acid groups (broad SMARTS) is 1. The number of halogens is 1. The van der Waals surface area contributed by atoms with Gasteiger partial charge in [0.05, 0.1) is 17.8 Å². The Hall–Kier alpha value is -1.69. The maximum absolute atomic E-state index is 12.3. The number of hydrogen-bond acceptors (Lipinski definition) is 4. The van der Waals surface area contributed by atoms with Gasteiger partial charge in [-0.2, -0.15) is 0 Å². The largest absolute Gasteiger partial charge is 0.481 e. The molecule has 0 radical (unpaired) electrons. The third-order valence-electron chi connectivity index (χ3n) is 3.66. The summed E-state index contributed by atoms with van der Waals surface area (Å²) in [6.45, 7) is 2.59. The average molecular weight is 298 g/mol. The number of nitrogens with zero attached hydrogens (tertiary/aromatic N) is 3. The average Bonchev–Trinajstić information content (AvgIpc) is 2.85. The summed E-state index contributed by atoms with van der Waals surface area (Å²) in [7, 11) is 0. The van der Waals surface area contributed by atoms with Crippen molar-refractivity contribution in [2.24, 2.45) is 5.41 Å². The third-order valence-corrected chi connectivity index (χ3v) is 3.86. The van der Waals surface area contributed by atoms with Crippen LogP contribution in [0.4, 0.5) is 0 Å². The van der Waals surface area contributed by atoms with E-state index >= 15 is 0 Å². The van der Waals surface area contributed by atoms with Crippen LogP contribution in [0.25, 0.3) is 0 Å². The van der Waals surface area contributed by atoms with Crippen LogP contribution in [0.2, 0.25) is 5.15 Å². The number of aromatic nitrogens is 2. The van der Waals surface area contributed by atoms with Crippen molar-refractivity contribution in [1.82, 2.24) is 14.9 Å². The van der Waals surface area contributed by atoms with Gasteiger partial charge in [-0.05, 0) is 12.8 Å². The molecule has 1 aliphatic heterocycles. The minimum atomic E-state index is -0.836.